The Morgan fingerprint density at radius 2 is 2.31 bits per heavy atom. The third-order valence-electron chi connectivity index (χ3n) is 1.82. The summed E-state index contributed by atoms with van der Waals surface area (Å²) in [6.07, 6.45) is -1.19. The summed E-state index contributed by atoms with van der Waals surface area (Å²) in [4.78, 5) is 27.6. The first-order chi connectivity index (χ1) is 7.56. The van der Waals surface area contributed by atoms with Crippen LogP contribution in [-0.2, 0) is 9.53 Å². The van der Waals surface area contributed by atoms with Crippen molar-refractivity contribution in [3.8, 4) is 0 Å². The summed E-state index contributed by atoms with van der Waals surface area (Å²) in [5.74, 6) is -0.942. The number of ether oxygens (including phenoxy) is 1. The standard InChI is InChI=1S/C9H12N2O5/c1-2-16-9(15)8(14)7(13)5-3-11-6(12)4-10-5/h3-4,7-8,13-14H,2H2,1H3,(H,11,12). The van der Waals surface area contributed by atoms with Gasteiger partial charge in [-0.1, -0.05) is 0 Å². The minimum atomic E-state index is -1.72. The number of hydrogen-bond acceptors (Lipinski definition) is 6. The fraction of sp³-hybridized carbons (Fsp3) is 0.444. The van der Waals surface area contributed by atoms with Gasteiger partial charge in [0.25, 0.3) is 5.56 Å². The Morgan fingerprint density at radius 3 is 2.81 bits per heavy atom. The molecule has 0 aliphatic rings. The monoisotopic (exact) mass is 228 g/mol. The number of esters is 1. The summed E-state index contributed by atoms with van der Waals surface area (Å²) >= 11 is 0. The third-order valence-corrected chi connectivity index (χ3v) is 1.82. The van der Waals surface area contributed by atoms with Gasteiger partial charge in [0.1, 0.15) is 6.10 Å². The topological polar surface area (TPSA) is 113 Å². The Morgan fingerprint density at radius 1 is 1.62 bits per heavy atom. The predicted octanol–water partition coefficient (Wildman–Crippen LogP) is -1.27. The Hall–Kier alpha value is -1.73. The van der Waals surface area contributed by atoms with Crippen molar-refractivity contribution in [1.29, 1.82) is 0 Å². The van der Waals surface area contributed by atoms with Gasteiger partial charge in [-0.05, 0) is 6.92 Å². The van der Waals surface area contributed by atoms with Crippen LogP contribution in [0.2, 0.25) is 0 Å². The number of H-pyrrole nitrogens is 1. The lowest BCUT2D eigenvalue weighted by molar-refractivity contribution is -0.159. The molecule has 0 bridgehead atoms. The van der Waals surface area contributed by atoms with Crippen LogP contribution in [0.5, 0.6) is 0 Å². The molecule has 0 aliphatic carbocycles. The molecule has 3 N–H and O–H groups in total. The molecule has 88 valence electrons. The summed E-state index contributed by atoms with van der Waals surface area (Å²) in [6, 6.07) is 0. The van der Waals surface area contributed by atoms with Gasteiger partial charge in [0.15, 0.2) is 6.10 Å². The van der Waals surface area contributed by atoms with Crippen LogP contribution in [0.1, 0.15) is 18.7 Å². The molecule has 0 spiro atoms. The molecule has 1 rings (SSSR count). The summed E-state index contributed by atoms with van der Waals surface area (Å²) < 4.78 is 4.52. The van der Waals surface area contributed by atoms with E-state index in [-0.39, 0.29) is 12.3 Å². The molecule has 0 saturated carbocycles. The van der Waals surface area contributed by atoms with E-state index in [0.29, 0.717) is 0 Å². The van der Waals surface area contributed by atoms with Crippen molar-refractivity contribution in [1.82, 2.24) is 9.97 Å². The van der Waals surface area contributed by atoms with Crippen molar-refractivity contribution in [3.05, 3.63) is 28.4 Å². The van der Waals surface area contributed by atoms with Gasteiger partial charge in [0.2, 0.25) is 0 Å². The molecule has 0 fully saturated rings. The highest BCUT2D eigenvalue weighted by Gasteiger charge is 2.27. The molecule has 2 unspecified atom stereocenters. The van der Waals surface area contributed by atoms with Crippen molar-refractivity contribution >= 4 is 5.97 Å². The average Bonchev–Trinajstić information content (AvgIpc) is 2.28. The quantitative estimate of drug-likeness (QED) is 0.554. The van der Waals surface area contributed by atoms with Gasteiger partial charge < -0.3 is 19.9 Å². The largest absolute Gasteiger partial charge is 0.464 e. The van der Waals surface area contributed by atoms with Gasteiger partial charge in [-0.3, -0.25) is 9.78 Å². The van der Waals surface area contributed by atoms with Crippen LogP contribution >= 0.6 is 0 Å². The molecule has 0 aliphatic heterocycles. The minimum absolute atomic E-state index is 0.0137. The van der Waals surface area contributed by atoms with Crippen LogP contribution in [0.25, 0.3) is 0 Å². The summed E-state index contributed by atoms with van der Waals surface area (Å²) in [5, 5.41) is 18.9. The van der Waals surface area contributed by atoms with Crippen LogP contribution in [0.3, 0.4) is 0 Å². The maximum absolute atomic E-state index is 11.1. The fourth-order valence-corrected chi connectivity index (χ4v) is 1.03. The zero-order valence-electron chi connectivity index (χ0n) is 8.58. The molecule has 2 atom stereocenters. The van der Waals surface area contributed by atoms with Gasteiger partial charge in [-0.2, -0.15) is 0 Å². The van der Waals surface area contributed by atoms with Gasteiger partial charge in [-0.15, -0.1) is 0 Å². The number of aromatic nitrogens is 2. The van der Waals surface area contributed by atoms with Crippen LogP contribution in [0.15, 0.2) is 17.2 Å². The molecule has 1 aromatic heterocycles. The highest BCUT2D eigenvalue weighted by atomic mass is 16.5. The lowest BCUT2D eigenvalue weighted by Gasteiger charge is -2.15. The average molecular weight is 228 g/mol. The Labute approximate surface area is 90.7 Å². The van der Waals surface area contributed by atoms with Gasteiger partial charge in [0.05, 0.1) is 18.5 Å². The number of hydrogen-bond donors (Lipinski definition) is 3. The fourth-order valence-electron chi connectivity index (χ4n) is 1.03. The van der Waals surface area contributed by atoms with E-state index in [2.05, 4.69) is 14.7 Å². The van der Waals surface area contributed by atoms with Crippen LogP contribution in [-0.4, -0.2) is 38.9 Å². The number of carbonyl (C=O) groups excluding carboxylic acids is 1. The van der Waals surface area contributed by atoms with E-state index in [9.17, 15) is 19.8 Å². The highest BCUT2D eigenvalue weighted by molar-refractivity contribution is 5.75. The molecule has 16 heavy (non-hydrogen) atoms. The Bertz CT molecular complexity index is 396. The molecule has 7 nitrogen and oxygen atoms in total. The second-order valence-electron chi connectivity index (χ2n) is 2.98. The first kappa shape index (κ1) is 12.3. The molecule has 0 radical (unpaired) electrons. The normalized spacial score (nSPS) is 14.2. The molecule has 0 amide bonds. The molecule has 0 saturated heterocycles. The number of rotatable bonds is 4. The maximum Gasteiger partial charge on any atom is 0.338 e. The van der Waals surface area contributed by atoms with E-state index in [4.69, 9.17) is 0 Å². The Kier molecular flexibility index (Phi) is 4.15. The van der Waals surface area contributed by atoms with E-state index in [1.54, 1.807) is 6.92 Å². The van der Waals surface area contributed by atoms with E-state index >= 15 is 0 Å². The first-order valence-corrected chi connectivity index (χ1v) is 4.63. The van der Waals surface area contributed by atoms with Crippen LogP contribution < -0.4 is 5.56 Å². The van der Waals surface area contributed by atoms with Gasteiger partial charge in [-0.25, -0.2) is 4.79 Å². The van der Waals surface area contributed by atoms with E-state index in [0.717, 1.165) is 12.4 Å². The van der Waals surface area contributed by atoms with Crippen LogP contribution in [0, 0.1) is 0 Å². The highest BCUT2D eigenvalue weighted by Crippen LogP contribution is 2.13. The summed E-state index contributed by atoms with van der Waals surface area (Å²) in [6.45, 7) is 1.68. The first-order valence-electron chi connectivity index (χ1n) is 4.63. The second-order valence-corrected chi connectivity index (χ2v) is 2.98. The second kappa shape index (κ2) is 5.38. The van der Waals surface area contributed by atoms with Gasteiger partial charge in [0, 0.05) is 6.20 Å². The molecule has 1 heterocycles. The van der Waals surface area contributed by atoms with Gasteiger partial charge >= 0.3 is 5.97 Å². The Balaban J connectivity index is 2.77. The van der Waals surface area contributed by atoms with Crippen molar-refractivity contribution in [2.75, 3.05) is 6.61 Å². The SMILES string of the molecule is CCOC(=O)C(O)C(O)c1c[nH]c(=O)cn1. The van der Waals surface area contributed by atoms with E-state index < -0.39 is 23.7 Å². The zero-order valence-corrected chi connectivity index (χ0v) is 8.58. The number of nitrogens with zero attached hydrogens (tertiary/aromatic N) is 1. The van der Waals surface area contributed by atoms with Crippen molar-refractivity contribution in [3.63, 3.8) is 0 Å². The predicted molar refractivity (Wildman–Crippen MR) is 52.5 cm³/mol. The zero-order chi connectivity index (χ0) is 12.1. The number of nitrogens with one attached hydrogen (secondary N) is 1. The lowest BCUT2D eigenvalue weighted by atomic mass is 10.1. The molecular formula is C9H12N2O5. The third kappa shape index (κ3) is 2.88. The van der Waals surface area contributed by atoms with Crippen LogP contribution in [0.4, 0.5) is 0 Å². The molecular weight excluding hydrogens is 216 g/mol. The van der Waals surface area contributed by atoms with Crippen molar-refractivity contribution in [2.24, 2.45) is 0 Å². The van der Waals surface area contributed by atoms with E-state index in [1.165, 1.54) is 0 Å². The molecule has 7 heteroatoms. The van der Waals surface area contributed by atoms with E-state index in [1.807, 2.05) is 0 Å². The number of carbonyl (C=O) groups is 1. The maximum atomic E-state index is 11.1. The van der Waals surface area contributed by atoms with Crippen molar-refractivity contribution in [2.45, 2.75) is 19.1 Å². The summed E-state index contributed by atoms with van der Waals surface area (Å²) in [5.41, 5.74) is -0.457. The molecule has 0 aromatic carbocycles. The number of aromatic amines is 1. The number of aliphatic hydroxyl groups is 2. The molecule has 1 aromatic rings. The van der Waals surface area contributed by atoms with Crippen molar-refractivity contribution < 1.29 is 19.7 Å². The smallest absolute Gasteiger partial charge is 0.338 e. The summed E-state index contributed by atoms with van der Waals surface area (Å²) in [7, 11) is 0. The lowest BCUT2D eigenvalue weighted by Crippen LogP contribution is -2.30. The number of aliphatic hydroxyl groups excluding tert-OH is 2. The minimum Gasteiger partial charge on any atom is -0.464 e.